The van der Waals surface area contributed by atoms with E-state index in [0.717, 1.165) is 10.2 Å². The molecule has 0 saturated heterocycles. The minimum Gasteiger partial charge on any atom is -0.492 e. The van der Waals surface area contributed by atoms with Crippen LogP contribution in [0.1, 0.15) is 6.92 Å². The molecule has 0 heterocycles. The molecule has 0 bridgehead atoms. The van der Waals surface area contributed by atoms with E-state index in [0.29, 0.717) is 24.5 Å². The molecule has 0 saturated carbocycles. The lowest BCUT2D eigenvalue weighted by molar-refractivity contribution is -0.114. The van der Waals surface area contributed by atoms with Crippen molar-refractivity contribution in [2.75, 3.05) is 23.8 Å². The van der Waals surface area contributed by atoms with Crippen LogP contribution in [0.4, 0.5) is 16.2 Å². The van der Waals surface area contributed by atoms with Gasteiger partial charge >= 0.3 is 6.03 Å². The van der Waals surface area contributed by atoms with Gasteiger partial charge in [-0.2, -0.15) is 0 Å². The number of anilines is 2. The average molecular weight is 392 g/mol. The highest BCUT2D eigenvalue weighted by atomic mass is 79.9. The lowest BCUT2D eigenvalue weighted by Crippen LogP contribution is -2.32. The third-order valence-corrected chi connectivity index (χ3v) is 3.46. The number of halogens is 1. The molecule has 0 atom stereocenters. The van der Waals surface area contributed by atoms with Crippen molar-refractivity contribution in [2.45, 2.75) is 6.92 Å². The number of carbonyl (C=O) groups is 2. The zero-order valence-corrected chi connectivity index (χ0v) is 14.7. The number of hydrogen-bond acceptors (Lipinski definition) is 3. The molecule has 0 spiro atoms. The molecule has 0 unspecified atom stereocenters. The summed E-state index contributed by atoms with van der Waals surface area (Å²) >= 11 is 3.35. The number of amides is 3. The number of hydrogen-bond donors (Lipinski definition) is 3. The number of nitrogens with one attached hydrogen (secondary N) is 3. The van der Waals surface area contributed by atoms with Crippen molar-refractivity contribution in [3.63, 3.8) is 0 Å². The Bertz CT molecular complexity index is 687. The minimum absolute atomic E-state index is 0.140. The van der Waals surface area contributed by atoms with Crippen LogP contribution in [0.5, 0.6) is 5.75 Å². The zero-order chi connectivity index (χ0) is 17.4. The third-order valence-electron chi connectivity index (χ3n) is 2.93. The van der Waals surface area contributed by atoms with Crippen molar-refractivity contribution in [1.82, 2.24) is 5.32 Å². The minimum atomic E-state index is -0.318. The number of carbonyl (C=O) groups excluding carboxylic acids is 2. The molecule has 126 valence electrons. The summed E-state index contributed by atoms with van der Waals surface area (Å²) in [6, 6.07) is 14.0. The van der Waals surface area contributed by atoms with E-state index >= 15 is 0 Å². The SMILES string of the molecule is CC(=O)Nc1ccc(NC(=O)NCCOc2ccc(Br)cc2)cc1. The van der Waals surface area contributed by atoms with E-state index in [9.17, 15) is 9.59 Å². The Morgan fingerprint density at radius 1 is 0.958 bits per heavy atom. The molecule has 0 radical (unpaired) electrons. The second-order valence-corrected chi connectivity index (χ2v) is 5.86. The first-order valence-corrected chi connectivity index (χ1v) is 8.13. The van der Waals surface area contributed by atoms with E-state index in [1.807, 2.05) is 24.3 Å². The summed E-state index contributed by atoms with van der Waals surface area (Å²) in [5, 5.41) is 8.07. The predicted molar refractivity (Wildman–Crippen MR) is 97.4 cm³/mol. The average Bonchev–Trinajstić information content (AvgIpc) is 2.55. The molecule has 2 rings (SSSR count). The largest absolute Gasteiger partial charge is 0.492 e. The summed E-state index contributed by atoms with van der Waals surface area (Å²) in [4.78, 5) is 22.7. The van der Waals surface area contributed by atoms with E-state index in [2.05, 4.69) is 31.9 Å². The summed E-state index contributed by atoms with van der Waals surface area (Å²) < 4.78 is 6.49. The molecule has 0 aromatic heterocycles. The fraction of sp³-hybridized carbons (Fsp3) is 0.176. The zero-order valence-electron chi connectivity index (χ0n) is 13.1. The second-order valence-electron chi connectivity index (χ2n) is 4.94. The molecule has 0 aliphatic carbocycles. The van der Waals surface area contributed by atoms with Gasteiger partial charge in [0, 0.05) is 22.8 Å². The highest BCUT2D eigenvalue weighted by molar-refractivity contribution is 9.10. The second kappa shape index (κ2) is 8.93. The molecule has 24 heavy (non-hydrogen) atoms. The van der Waals surface area contributed by atoms with Crippen molar-refractivity contribution in [1.29, 1.82) is 0 Å². The van der Waals surface area contributed by atoms with E-state index in [1.165, 1.54) is 6.92 Å². The number of ether oxygens (including phenoxy) is 1. The molecule has 2 aromatic carbocycles. The Balaban J connectivity index is 1.69. The van der Waals surface area contributed by atoms with Gasteiger partial charge in [0.2, 0.25) is 5.91 Å². The highest BCUT2D eigenvalue weighted by Crippen LogP contribution is 2.16. The van der Waals surface area contributed by atoms with Crippen LogP contribution in [0.15, 0.2) is 53.0 Å². The monoisotopic (exact) mass is 391 g/mol. The van der Waals surface area contributed by atoms with Crippen molar-refractivity contribution in [2.24, 2.45) is 0 Å². The van der Waals surface area contributed by atoms with Crippen LogP contribution in [0.25, 0.3) is 0 Å². The van der Waals surface area contributed by atoms with Gasteiger partial charge in [-0.1, -0.05) is 15.9 Å². The summed E-state index contributed by atoms with van der Waals surface area (Å²) in [6.07, 6.45) is 0. The first-order chi connectivity index (χ1) is 11.5. The standard InChI is InChI=1S/C17H18BrN3O3/c1-12(22)20-14-4-6-15(7-5-14)21-17(23)19-10-11-24-16-8-2-13(18)3-9-16/h2-9H,10-11H2,1H3,(H,20,22)(H2,19,21,23). The Morgan fingerprint density at radius 3 is 2.12 bits per heavy atom. The summed E-state index contributed by atoms with van der Waals surface area (Å²) in [5.74, 6) is 0.605. The van der Waals surface area contributed by atoms with Crippen LogP contribution in [0.2, 0.25) is 0 Å². The van der Waals surface area contributed by atoms with Crippen LogP contribution in [-0.2, 0) is 4.79 Å². The molecular formula is C17H18BrN3O3. The maximum absolute atomic E-state index is 11.8. The number of urea groups is 1. The Labute approximate surface area is 148 Å². The fourth-order valence-corrected chi connectivity index (χ4v) is 2.14. The van der Waals surface area contributed by atoms with Gasteiger partial charge in [-0.3, -0.25) is 4.79 Å². The van der Waals surface area contributed by atoms with Gasteiger partial charge in [-0.15, -0.1) is 0 Å². The molecule has 0 aliphatic rings. The van der Waals surface area contributed by atoms with Crippen molar-refractivity contribution < 1.29 is 14.3 Å². The topological polar surface area (TPSA) is 79.5 Å². The quantitative estimate of drug-likeness (QED) is 0.658. The van der Waals surface area contributed by atoms with Crippen LogP contribution in [0.3, 0.4) is 0 Å². The van der Waals surface area contributed by atoms with E-state index in [1.54, 1.807) is 24.3 Å². The lowest BCUT2D eigenvalue weighted by atomic mass is 10.3. The smallest absolute Gasteiger partial charge is 0.319 e. The van der Waals surface area contributed by atoms with Gasteiger partial charge in [0.05, 0.1) is 6.54 Å². The fourth-order valence-electron chi connectivity index (χ4n) is 1.88. The van der Waals surface area contributed by atoms with Crippen LogP contribution >= 0.6 is 15.9 Å². The van der Waals surface area contributed by atoms with E-state index < -0.39 is 0 Å². The maximum Gasteiger partial charge on any atom is 0.319 e. The first kappa shape index (κ1) is 17.8. The van der Waals surface area contributed by atoms with E-state index in [4.69, 9.17) is 4.74 Å². The van der Waals surface area contributed by atoms with Gasteiger partial charge in [0.1, 0.15) is 12.4 Å². The molecule has 6 nitrogen and oxygen atoms in total. The van der Waals surface area contributed by atoms with Crippen molar-refractivity contribution >= 4 is 39.2 Å². The summed E-state index contributed by atoms with van der Waals surface area (Å²) in [5.41, 5.74) is 1.31. The van der Waals surface area contributed by atoms with Gasteiger partial charge in [0.25, 0.3) is 0 Å². The third kappa shape index (κ3) is 6.29. The highest BCUT2D eigenvalue weighted by Gasteiger charge is 2.02. The molecular weight excluding hydrogens is 374 g/mol. The normalized spacial score (nSPS) is 9.92. The molecule has 3 N–H and O–H groups in total. The Kier molecular flexibility index (Phi) is 6.62. The molecule has 3 amide bonds. The van der Waals surface area contributed by atoms with Crippen LogP contribution in [-0.4, -0.2) is 25.1 Å². The Morgan fingerprint density at radius 2 is 1.54 bits per heavy atom. The first-order valence-electron chi connectivity index (χ1n) is 7.34. The molecule has 7 heteroatoms. The molecule has 0 fully saturated rings. The van der Waals surface area contributed by atoms with E-state index in [-0.39, 0.29) is 11.9 Å². The number of rotatable bonds is 6. The van der Waals surface area contributed by atoms with Crippen LogP contribution in [0, 0.1) is 0 Å². The van der Waals surface area contributed by atoms with Crippen molar-refractivity contribution in [3.05, 3.63) is 53.0 Å². The van der Waals surface area contributed by atoms with Gasteiger partial charge in [0.15, 0.2) is 0 Å². The van der Waals surface area contributed by atoms with Crippen molar-refractivity contribution in [3.8, 4) is 5.75 Å². The Hall–Kier alpha value is -2.54. The maximum atomic E-state index is 11.8. The predicted octanol–water partition coefficient (Wildman–Crippen LogP) is 3.61. The van der Waals surface area contributed by atoms with Gasteiger partial charge in [-0.25, -0.2) is 4.79 Å². The summed E-state index contributed by atoms with van der Waals surface area (Å²) in [6.45, 7) is 2.19. The lowest BCUT2D eigenvalue weighted by Gasteiger charge is -2.10. The molecule has 2 aromatic rings. The van der Waals surface area contributed by atoms with Crippen LogP contribution < -0.4 is 20.7 Å². The van der Waals surface area contributed by atoms with Gasteiger partial charge in [-0.05, 0) is 48.5 Å². The van der Waals surface area contributed by atoms with Gasteiger partial charge < -0.3 is 20.7 Å². The number of benzene rings is 2. The summed E-state index contributed by atoms with van der Waals surface area (Å²) in [7, 11) is 0. The molecule has 0 aliphatic heterocycles.